The van der Waals surface area contributed by atoms with E-state index in [0.29, 0.717) is 30.5 Å². The van der Waals surface area contributed by atoms with Crippen LogP contribution in [0.15, 0.2) is 34.9 Å². The van der Waals surface area contributed by atoms with Gasteiger partial charge in [-0.1, -0.05) is 17.7 Å². The topological polar surface area (TPSA) is 84.4 Å². The summed E-state index contributed by atoms with van der Waals surface area (Å²) in [6.07, 6.45) is 3.59. The molecule has 1 aliphatic rings. The van der Waals surface area contributed by atoms with Crippen LogP contribution < -0.4 is 11.1 Å². The Hall–Kier alpha value is -1.89. The smallest absolute Gasteiger partial charge is 0.226 e. The Morgan fingerprint density at radius 3 is 3.16 bits per heavy atom. The van der Waals surface area contributed by atoms with Gasteiger partial charge in [0.05, 0.1) is 11.6 Å². The number of oxazole rings is 1. The van der Waals surface area contributed by atoms with Crippen LogP contribution in [-0.4, -0.2) is 42.0 Å². The van der Waals surface area contributed by atoms with E-state index in [-0.39, 0.29) is 11.8 Å². The Kier molecular flexibility index (Phi) is 6.07. The van der Waals surface area contributed by atoms with E-state index >= 15 is 0 Å². The fourth-order valence-electron chi connectivity index (χ4n) is 3.12. The van der Waals surface area contributed by atoms with Crippen LogP contribution in [0.25, 0.3) is 11.5 Å². The van der Waals surface area contributed by atoms with E-state index in [2.05, 4.69) is 15.2 Å². The van der Waals surface area contributed by atoms with E-state index in [1.54, 1.807) is 6.26 Å². The fraction of sp³-hybridized carbons (Fsp3) is 0.444. The van der Waals surface area contributed by atoms with Crippen molar-refractivity contribution < 1.29 is 9.21 Å². The largest absolute Gasteiger partial charge is 0.444 e. The van der Waals surface area contributed by atoms with Crippen molar-refractivity contribution in [3.63, 3.8) is 0 Å². The minimum Gasteiger partial charge on any atom is -0.444 e. The molecule has 0 radical (unpaired) electrons. The SMILES string of the molecule is NCCNC(=O)C1CCCN(Cc2coc(-c3cccc(Cl)c3)n2)C1. The van der Waals surface area contributed by atoms with Crippen molar-refractivity contribution in [2.45, 2.75) is 19.4 Å². The van der Waals surface area contributed by atoms with Crippen molar-refractivity contribution in [3.05, 3.63) is 41.2 Å². The van der Waals surface area contributed by atoms with Crippen LogP contribution in [-0.2, 0) is 11.3 Å². The molecule has 25 heavy (non-hydrogen) atoms. The number of halogens is 1. The van der Waals surface area contributed by atoms with Crippen LogP contribution >= 0.6 is 11.6 Å². The van der Waals surface area contributed by atoms with Crippen molar-refractivity contribution in [1.82, 2.24) is 15.2 Å². The lowest BCUT2D eigenvalue weighted by Crippen LogP contribution is -2.43. The quantitative estimate of drug-likeness (QED) is 0.823. The molecule has 7 heteroatoms. The molecule has 0 saturated carbocycles. The van der Waals surface area contributed by atoms with Gasteiger partial charge >= 0.3 is 0 Å². The molecule has 1 fully saturated rings. The van der Waals surface area contributed by atoms with Gasteiger partial charge in [-0.2, -0.15) is 0 Å². The Bertz CT molecular complexity index is 719. The van der Waals surface area contributed by atoms with E-state index in [1.165, 1.54) is 0 Å². The van der Waals surface area contributed by atoms with Crippen LogP contribution in [0.3, 0.4) is 0 Å². The molecule has 0 bridgehead atoms. The van der Waals surface area contributed by atoms with Crippen LogP contribution in [0.2, 0.25) is 5.02 Å². The van der Waals surface area contributed by atoms with E-state index in [1.807, 2.05) is 24.3 Å². The highest BCUT2D eigenvalue weighted by Gasteiger charge is 2.26. The highest BCUT2D eigenvalue weighted by Crippen LogP contribution is 2.23. The lowest BCUT2D eigenvalue weighted by Gasteiger charge is -2.31. The molecule has 2 heterocycles. The third-order valence-corrected chi connectivity index (χ3v) is 4.56. The second kappa shape index (κ2) is 8.47. The summed E-state index contributed by atoms with van der Waals surface area (Å²) in [6, 6.07) is 7.44. The predicted molar refractivity (Wildman–Crippen MR) is 97.0 cm³/mol. The average Bonchev–Trinajstić information content (AvgIpc) is 3.08. The molecule has 1 aromatic carbocycles. The monoisotopic (exact) mass is 362 g/mol. The van der Waals surface area contributed by atoms with E-state index in [0.717, 1.165) is 37.2 Å². The number of nitrogens with two attached hydrogens (primary N) is 1. The molecule has 0 aliphatic carbocycles. The molecule has 1 amide bonds. The number of carbonyl (C=O) groups excluding carboxylic acids is 1. The fourth-order valence-corrected chi connectivity index (χ4v) is 3.31. The molecule has 3 rings (SSSR count). The number of rotatable bonds is 6. The van der Waals surface area contributed by atoms with Gasteiger partial charge in [0.15, 0.2) is 0 Å². The van der Waals surface area contributed by atoms with Gasteiger partial charge in [0.1, 0.15) is 6.26 Å². The van der Waals surface area contributed by atoms with Crippen LogP contribution in [0.4, 0.5) is 0 Å². The molecule has 2 aromatic rings. The first kappa shape index (κ1) is 17.9. The van der Waals surface area contributed by atoms with Gasteiger partial charge in [0.2, 0.25) is 11.8 Å². The average molecular weight is 363 g/mol. The number of amides is 1. The third-order valence-electron chi connectivity index (χ3n) is 4.33. The van der Waals surface area contributed by atoms with E-state index in [4.69, 9.17) is 21.8 Å². The maximum atomic E-state index is 12.1. The lowest BCUT2D eigenvalue weighted by atomic mass is 9.97. The number of nitrogens with one attached hydrogen (secondary N) is 1. The second-order valence-corrected chi connectivity index (χ2v) is 6.74. The Labute approximate surface area is 152 Å². The highest BCUT2D eigenvalue weighted by atomic mass is 35.5. The number of benzene rings is 1. The van der Waals surface area contributed by atoms with Crippen molar-refractivity contribution in [2.24, 2.45) is 11.7 Å². The van der Waals surface area contributed by atoms with Crippen molar-refractivity contribution in [1.29, 1.82) is 0 Å². The second-order valence-electron chi connectivity index (χ2n) is 6.31. The van der Waals surface area contributed by atoms with Crippen LogP contribution in [0.1, 0.15) is 18.5 Å². The number of hydrogen-bond donors (Lipinski definition) is 2. The zero-order chi connectivity index (χ0) is 17.6. The number of piperidine rings is 1. The minimum atomic E-state index is 0.0135. The molecule has 1 atom stereocenters. The van der Waals surface area contributed by atoms with Crippen LogP contribution in [0.5, 0.6) is 0 Å². The number of aromatic nitrogens is 1. The molecule has 1 unspecified atom stereocenters. The maximum Gasteiger partial charge on any atom is 0.226 e. The summed E-state index contributed by atoms with van der Waals surface area (Å²) in [4.78, 5) is 18.9. The summed E-state index contributed by atoms with van der Waals surface area (Å²) in [7, 11) is 0. The van der Waals surface area contributed by atoms with Gasteiger partial charge < -0.3 is 15.5 Å². The molecule has 3 N–H and O–H groups in total. The number of nitrogens with zero attached hydrogens (tertiary/aromatic N) is 2. The molecular formula is C18H23ClN4O2. The molecule has 1 aliphatic heterocycles. The maximum absolute atomic E-state index is 12.1. The number of hydrogen-bond acceptors (Lipinski definition) is 5. The lowest BCUT2D eigenvalue weighted by molar-refractivity contribution is -0.126. The first-order valence-corrected chi connectivity index (χ1v) is 8.94. The van der Waals surface area contributed by atoms with Gasteiger partial charge in [0.25, 0.3) is 0 Å². The summed E-state index contributed by atoms with van der Waals surface area (Å²) < 4.78 is 5.59. The van der Waals surface area contributed by atoms with Gasteiger partial charge in [-0.15, -0.1) is 0 Å². The molecule has 0 spiro atoms. The standard InChI is InChI=1S/C18H23ClN4O2/c19-15-5-1-3-13(9-15)18-22-16(12-25-18)11-23-8-2-4-14(10-23)17(24)21-7-6-20/h1,3,5,9,12,14H,2,4,6-8,10-11,20H2,(H,21,24). The summed E-state index contributed by atoms with van der Waals surface area (Å²) >= 11 is 6.02. The van der Waals surface area contributed by atoms with Gasteiger partial charge in [-0.25, -0.2) is 4.98 Å². The Morgan fingerprint density at radius 2 is 2.36 bits per heavy atom. The van der Waals surface area contributed by atoms with Gasteiger partial charge in [-0.3, -0.25) is 9.69 Å². The van der Waals surface area contributed by atoms with Gasteiger partial charge in [0, 0.05) is 36.8 Å². The van der Waals surface area contributed by atoms with E-state index < -0.39 is 0 Å². The van der Waals surface area contributed by atoms with Crippen molar-refractivity contribution >= 4 is 17.5 Å². The zero-order valence-corrected chi connectivity index (χ0v) is 14.8. The van der Waals surface area contributed by atoms with Crippen molar-refractivity contribution in [2.75, 3.05) is 26.2 Å². The van der Waals surface area contributed by atoms with Gasteiger partial charge in [-0.05, 0) is 37.6 Å². The number of carbonyl (C=O) groups is 1. The van der Waals surface area contributed by atoms with Crippen LogP contribution in [0, 0.1) is 5.92 Å². The first-order valence-electron chi connectivity index (χ1n) is 8.56. The Balaban J connectivity index is 1.60. The molecule has 6 nitrogen and oxygen atoms in total. The van der Waals surface area contributed by atoms with Crippen molar-refractivity contribution in [3.8, 4) is 11.5 Å². The molecular weight excluding hydrogens is 340 g/mol. The van der Waals surface area contributed by atoms with E-state index in [9.17, 15) is 4.79 Å². The number of likely N-dealkylation sites (tertiary alicyclic amines) is 1. The molecule has 134 valence electrons. The summed E-state index contributed by atoms with van der Waals surface area (Å²) in [5.41, 5.74) is 7.16. The zero-order valence-electron chi connectivity index (χ0n) is 14.1. The summed E-state index contributed by atoms with van der Waals surface area (Å²) in [6.45, 7) is 3.36. The normalized spacial score (nSPS) is 18.2. The minimum absolute atomic E-state index is 0.0135. The summed E-state index contributed by atoms with van der Waals surface area (Å²) in [5, 5.41) is 3.53. The predicted octanol–water partition coefficient (Wildman–Crippen LogP) is 2.28. The molecule has 1 saturated heterocycles. The summed E-state index contributed by atoms with van der Waals surface area (Å²) in [5.74, 6) is 0.668. The first-order chi connectivity index (χ1) is 12.2. The highest BCUT2D eigenvalue weighted by molar-refractivity contribution is 6.30. The Morgan fingerprint density at radius 1 is 1.48 bits per heavy atom. The molecule has 1 aromatic heterocycles. The third kappa shape index (κ3) is 4.81.